The van der Waals surface area contributed by atoms with E-state index in [9.17, 15) is 4.79 Å². The van der Waals surface area contributed by atoms with E-state index in [1.54, 1.807) is 6.07 Å². The molecule has 1 unspecified atom stereocenters. The number of rotatable bonds is 4. The van der Waals surface area contributed by atoms with E-state index in [2.05, 4.69) is 25.9 Å². The van der Waals surface area contributed by atoms with Gasteiger partial charge in [0.05, 0.1) is 13.2 Å². The highest BCUT2D eigenvalue weighted by molar-refractivity contribution is 5.85. The average molecular weight is 219 g/mol. The SMILES string of the molecule is C#CC(CC)Nc1ccnc(C(=O)OC)n1. The first-order chi connectivity index (χ1) is 7.71. The normalized spacial score (nSPS) is 11.3. The van der Waals surface area contributed by atoms with Crippen molar-refractivity contribution in [2.24, 2.45) is 0 Å². The maximum Gasteiger partial charge on any atom is 0.376 e. The van der Waals surface area contributed by atoms with Crippen LogP contribution in [0.3, 0.4) is 0 Å². The van der Waals surface area contributed by atoms with Gasteiger partial charge in [-0.3, -0.25) is 0 Å². The quantitative estimate of drug-likeness (QED) is 0.606. The van der Waals surface area contributed by atoms with Crippen LogP contribution in [0.2, 0.25) is 0 Å². The molecular formula is C11H13N3O2. The van der Waals surface area contributed by atoms with Crippen LogP contribution in [0.4, 0.5) is 5.82 Å². The lowest BCUT2D eigenvalue weighted by molar-refractivity contribution is 0.0587. The Morgan fingerprint density at radius 2 is 2.50 bits per heavy atom. The van der Waals surface area contributed by atoms with E-state index in [-0.39, 0.29) is 11.9 Å². The van der Waals surface area contributed by atoms with Crippen molar-refractivity contribution >= 4 is 11.8 Å². The van der Waals surface area contributed by atoms with Crippen molar-refractivity contribution in [3.63, 3.8) is 0 Å². The van der Waals surface area contributed by atoms with Gasteiger partial charge in [0.2, 0.25) is 5.82 Å². The molecule has 1 heterocycles. The summed E-state index contributed by atoms with van der Waals surface area (Å²) >= 11 is 0. The topological polar surface area (TPSA) is 64.1 Å². The number of nitrogens with zero attached hydrogens (tertiary/aromatic N) is 2. The molecule has 0 saturated heterocycles. The number of terminal acetylenes is 1. The molecule has 0 bridgehead atoms. The van der Waals surface area contributed by atoms with Crippen LogP contribution < -0.4 is 5.32 Å². The molecule has 1 aromatic heterocycles. The van der Waals surface area contributed by atoms with Gasteiger partial charge in [0, 0.05) is 6.20 Å². The number of anilines is 1. The summed E-state index contributed by atoms with van der Waals surface area (Å²) in [5.41, 5.74) is 0. The van der Waals surface area contributed by atoms with Crippen LogP contribution in [0, 0.1) is 12.3 Å². The van der Waals surface area contributed by atoms with Crippen molar-refractivity contribution in [1.29, 1.82) is 0 Å². The Morgan fingerprint density at radius 1 is 1.75 bits per heavy atom. The number of hydrogen-bond donors (Lipinski definition) is 1. The Bertz CT molecular complexity index is 412. The molecule has 5 nitrogen and oxygen atoms in total. The molecule has 0 fully saturated rings. The maximum absolute atomic E-state index is 11.2. The number of aromatic nitrogens is 2. The van der Waals surface area contributed by atoms with Gasteiger partial charge < -0.3 is 10.1 Å². The summed E-state index contributed by atoms with van der Waals surface area (Å²) in [6.07, 6.45) is 7.56. The number of carbonyl (C=O) groups is 1. The number of ether oxygens (including phenoxy) is 1. The summed E-state index contributed by atoms with van der Waals surface area (Å²) < 4.78 is 4.52. The molecule has 5 heteroatoms. The van der Waals surface area contributed by atoms with Crippen molar-refractivity contribution in [3.8, 4) is 12.3 Å². The Labute approximate surface area is 94.2 Å². The lowest BCUT2D eigenvalue weighted by atomic mass is 10.2. The van der Waals surface area contributed by atoms with Crippen molar-refractivity contribution < 1.29 is 9.53 Å². The molecule has 0 amide bonds. The van der Waals surface area contributed by atoms with Gasteiger partial charge in [0.15, 0.2) is 0 Å². The number of nitrogens with one attached hydrogen (secondary N) is 1. The fraction of sp³-hybridized carbons (Fsp3) is 0.364. The number of esters is 1. The van der Waals surface area contributed by atoms with E-state index < -0.39 is 5.97 Å². The molecule has 1 aromatic rings. The average Bonchev–Trinajstić information content (AvgIpc) is 2.35. The van der Waals surface area contributed by atoms with Crippen LogP contribution in [-0.4, -0.2) is 29.1 Å². The van der Waals surface area contributed by atoms with E-state index in [1.165, 1.54) is 13.3 Å². The van der Waals surface area contributed by atoms with E-state index in [0.717, 1.165) is 6.42 Å². The van der Waals surface area contributed by atoms with Crippen molar-refractivity contribution in [3.05, 3.63) is 18.1 Å². The van der Waals surface area contributed by atoms with E-state index in [4.69, 9.17) is 6.42 Å². The molecule has 0 aliphatic carbocycles. The zero-order valence-corrected chi connectivity index (χ0v) is 9.23. The molecule has 1 rings (SSSR count). The first-order valence-corrected chi connectivity index (χ1v) is 4.85. The second-order valence-electron chi connectivity index (χ2n) is 3.03. The number of methoxy groups -OCH3 is 1. The minimum atomic E-state index is -0.572. The fourth-order valence-corrected chi connectivity index (χ4v) is 1.07. The molecule has 16 heavy (non-hydrogen) atoms. The van der Waals surface area contributed by atoms with Gasteiger partial charge in [0.1, 0.15) is 5.82 Å². The van der Waals surface area contributed by atoms with Gasteiger partial charge in [-0.2, -0.15) is 0 Å². The van der Waals surface area contributed by atoms with Gasteiger partial charge in [0.25, 0.3) is 0 Å². The maximum atomic E-state index is 11.2. The first-order valence-electron chi connectivity index (χ1n) is 4.85. The van der Waals surface area contributed by atoms with Crippen LogP contribution >= 0.6 is 0 Å². The highest BCUT2D eigenvalue weighted by atomic mass is 16.5. The molecule has 0 saturated carbocycles. The standard InChI is InChI=1S/C11H13N3O2/c1-4-8(5-2)13-9-6-7-12-10(14-9)11(15)16-3/h1,6-8H,5H2,2-3H3,(H,12,13,14). The summed E-state index contributed by atoms with van der Waals surface area (Å²) in [5, 5.41) is 3.00. The largest absolute Gasteiger partial charge is 0.463 e. The van der Waals surface area contributed by atoms with Gasteiger partial charge in [-0.05, 0) is 12.5 Å². The second kappa shape index (κ2) is 5.71. The van der Waals surface area contributed by atoms with Gasteiger partial charge in [-0.25, -0.2) is 14.8 Å². The molecule has 0 aliphatic heterocycles. The third kappa shape index (κ3) is 2.95. The summed E-state index contributed by atoms with van der Waals surface area (Å²) in [7, 11) is 1.28. The van der Waals surface area contributed by atoms with E-state index >= 15 is 0 Å². The zero-order valence-electron chi connectivity index (χ0n) is 9.23. The van der Waals surface area contributed by atoms with E-state index in [1.807, 2.05) is 6.92 Å². The van der Waals surface area contributed by atoms with Crippen LogP contribution in [0.15, 0.2) is 12.3 Å². The van der Waals surface area contributed by atoms with E-state index in [0.29, 0.717) is 5.82 Å². The molecule has 0 radical (unpaired) electrons. The third-order valence-corrected chi connectivity index (χ3v) is 1.96. The molecule has 0 aromatic carbocycles. The predicted octanol–water partition coefficient (Wildman–Crippen LogP) is 1.09. The second-order valence-corrected chi connectivity index (χ2v) is 3.03. The molecular weight excluding hydrogens is 206 g/mol. The van der Waals surface area contributed by atoms with Crippen molar-refractivity contribution in [2.45, 2.75) is 19.4 Å². The molecule has 0 spiro atoms. The Morgan fingerprint density at radius 3 is 3.06 bits per heavy atom. The molecule has 1 N–H and O–H groups in total. The van der Waals surface area contributed by atoms with Crippen LogP contribution in [-0.2, 0) is 4.74 Å². The monoisotopic (exact) mass is 219 g/mol. The number of hydrogen-bond acceptors (Lipinski definition) is 5. The minimum Gasteiger partial charge on any atom is -0.463 e. The highest BCUT2D eigenvalue weighted by Crippen LogP contribution is 2.06. The lowest BCUT2D eigenvalue weighted by Crippen LogP contribution is -2.18. The third-order valence-electron chi connectivity index (χ3n) is 1.96. The summed E-state index contributed by atoms with van der Waals surface area (Å²) in [4.78, 5) is 19.0. The van der Waals surface area contributed by atoms with Crippen molar-refractivity contribution in [2.75, 3.05) is 12.4 Å². The predicted molar refractivity (Wildman–Crippen MR) is 59.9 cm³/mol. The molecule has 1 atom stereocenters. The Hall–Kier alpha value is -2.09. The summed E-state index contributed by atoms with van der Waals surface area (Å²) in [5.74, 6) is 2.53. The Balaban J connectivity index is 2.83. The van der Waals surface area contributed by atoms with Crippen LogP contribution in [0.25, 0.3) is 0 Å². The summed E-state index contributed by atoms with van der Waals surface area (Å²) in [6, 6.07) is 1.53. The number of carbonyl (C=O) groups excluding carboxylic acids is 1. The Kier molecular flexibility index (Phi) is 4.28. The highest BCUT2D eigenvalue weighted by Gasteiger charge is 2.10. The lowest BCUT2D eigenvalue weighted by Gasteiger charge is -2.11. The fourth-order valence-electron chi connectivity index (χ4n) is 1.07. The molecule has 0 aliphatic rings. The van der Waals surface area contributed by atoms with Crippen molar-refractivity contribution in [1.82, 2.24) is 9.97 Å². The van der Waals surface area contributed by atoms with Gasteiger partial charge in [-0.15, -0.1) is 6.42 Å². The summed E-state index contributed by atoms with van der Waals surface area (Å²) in [6.45, 7) is 1.96. The van der Waals surface area contributed by atoms with Gasteiger partial charge in [-0.1, -0.05) is 12.8 Å². The smallest absolute Gasteiger partial charge is 0.376 e. The van der Waals surface area contributed by atoms with Gasteiger partial charge >= 0.3 is 5.97 Å². The van der Waals surface area contributed by atoms with Crippen LogP contribution in [0.1, 0.15) is 24.0 Å². The minimum absolute atomic E-state index is 0.0133. The first kappa shape index (κ1) is 12.0. The zero-order chi connectivity index (χ0) is 12.0. The molecule has 84 valence electrons. The van der Waals surface area contributed by atoms with Crippen LogP contribution in [0.5, 0.6) is 0 Å².